The van der Waals surface area contributed by atoms with Crippen LogP contribution in [0.3, 0.4) is 0 Å². The molecule has 0 fully saturated rings. The number of carbonyl (C=O) groups is 1. The molecule has 1 aliphatic heterocycles. The number of fused-ring (bicyclic) bond motifs is 1. The third kappa shape index (κ3) is 3.75. The zero-order chi connectivity index (χ0) is 18.6. The summed E-state index contributed by atoms with van der Waals surface area (Å²) in [6.45, 7) is 1.42. The van der Waals surface area contributed by atoms with Gasteiger partial charge in [-0.2, -0.15) is 0 Å². The maximum atomic E-state index is 12.0. The summed E-state index contributed by atoms with van der Waals surface area (Å²) < 4.78 is 5.08. The van der Waals surface area contributed by atoms with E-state index in [9.17, 15) is 4.79 Å². The van der Waals surface area contributed by atoms with Crippen molar-refractivity contribution in [1.82, 2.24) is 20.3 Å². The van der Waals surface area contributed by atoms with Gasteiger partial charge in [0.25, 0.3) is 5.91 Å². The lowest BCUT2D eigenvalue weighted by Crippen LogP contribution is -2.31. The summed E-state index contributed by atoms with van der Waals surface area (Å²) in [7, 11) is 1.71. The first-order valence-corrected chi connectivity index (χ1v) is 9.15. The molecule has 27 heavy (non-hydrogen) atoms. The van der Waals surface area contributed by atoms with Crippen molar-refractivity contribution in [3.63, 3.8) is 0 Å². The Kier molecular flexibility index (Phi) is 4.98. The highest BCUT2D eigenvalue weighted by molar-refractivity contribution is 5.97. The SMILES string of the molecule is COCCCc1ccc(-c2cc(-c3cc4c([nH]3)CCNC4=O)ccn2)cn1. The number of carbonyl (C=O) groups excluding carboxylic acids is 1. The Hall–Kier alpha value is -2.99. The van der Waals surface area contributed by atoms with Crippen molar-refractivity contribution >= 4 is 5.91 Å². The molecular weight excluding hydrogens is 340 g/mol. The zero-order valence-corrected chi connectivity index (χ0v) is 15.3. The average molecular weight is 362 g/mol. The highest BCUT2D eigenvalue weighted by atomic mass is 16.5. The molecule has 0 unspecified atom stereocenters. The molecule has 2 N–H and O–H groups in total. The van der Waals surface area contributed by atoms with Gasteiger partial charge in [-0.15, -0.1) is 0 Å². The number of hydrogen-bond donors (Lipinski definition) is 2. The van der Waals surface area contributed by atoms with Crippen LogP contribution in [0.2, 0.25) is 0 Å². The van der Waals surface area contributed by atoms with E-state index in [0.717, 1.165) is 65.3 Å². The molecule has 138 valence electrons. The Balaban J connectivity index is 1.57. The molecule has 0 bridgehead atoms. The highest BCUT2D eigenvalue weighted by Gasteiger charge is 2.20. The number of nitrogens with zero attached hydrogens (tertiary/aromatic N) is 2. The van der Waals surface area contributed by atoms with Gasteiger partial charge in [0.05, 0.1) is 11.3 Å². The van der Waals surface area contributed by atoms with E-state index in [4.69, 9.17) is 4.74 Å². The van der Waals surface area contributed by atoms with Crippen molar-refractivity contribution in [2.75, 3.05) is 20.3 Å². The Labute approximate surface area is 158 Å². The molecule has 0 radical (unpaired) electrons. The predicted octanol–water partition coefficient (Wildman–Crippen LogP) is 3.00. The average Bonchev–Trinajstić information content (AvgIpc) is 3.15. The molecule has 4 rings (SSSR count). The second kappa shape index (κ2) is 7.72. The van der Waals surface area contributed by atoms with Crippen LogP contribution in [-0.2, 0) is 17.6 Å². The van der Waals surface area contributed by atoms with Gasteiger partial charge in [0.2, 0.25) is 0 Å². The summed E-state index contributed by atoms with van der Waals surface area (Å²) in [5, 5.41) is 2.88. The fourth-order valence-corrected chi connectivity index (χ4v) is 3.33. The minimum Gasteiger partial charge on any atom is -0.385 e. The lowest BCUT2D eigenvalue weighted by molar-refractivity contribution is 0.0946. The molecule has 1 amide bonds. The number of aryl methyl sites for hydroxylation is 1. The summed E-state index contributed by atoms with van der Waals surface area (Å²) in [4.78, 5) is 24.4. The van der Waals surface area contributed by atoms with Gasteiger partial charge in [-0.25, -0.2) is 0 Å². The van der Waals surface area contributed by atoms with Gasteiger partial charge in [0.1, 0.15) is 0 Å². The van der Waals surface area contributed by atoms with Gasteiger partial charge in [-0.1, -0.05) is 0 Å². The monoisotopic (exact) mass is 362 g/mol. The van der Waals surface area contributed by atoms with Gasteiger partial charge >= 0.3 is 0 Å². The quantitative estimate of drug-likeness (QED) is 0.661. The van der Waals surface area contributed by atoms with Crippen LogP contribution >= 0.6 is 0 Å². The van der Waals surface area contributed by atoms with Crippen molar-refractivity contribution in [2.24, 2.45) is 0 Å². The number of pyridine rings is 2. The minimum absolute atomic E-state index is 0.0127. The van der Waals surface area contributed by atoms with Crippen molar-refractivity contribution in [1.29, 1.82) is 0 Å². The van der Waals surface area contributed by atoms with Crippen LogP contribution in [0.1, 0.15) is 28.2 Å². The maximum Gasteiger partial charge on any atom is 0.253 e. The molecule has 3 aromatic rings. The van der Waals surface area contributed by atoms with Crippen molar-refractivity contribution in [2.45, 2.75) is 19.3 Å². The minimum atomic E-state index is -0.0127. The molecule has 6 nitrogen and oxygen atoms in total. The normalized spacial score (nSPS) is 13.3. The van der Waals surface area contributed by atoms with E-state index in [2.05, 4.69) is 26.3 Å². The number of nitrogens with one attached hydrogen (secondary N) is 2. The molecular formula is C21H22N4O2. The number of aromatic nitrogens is 3. The molecule has 0 spiro atoms. The summed E-state index contributed by atoms with van der Waals surface area (Å²) in [5.41, 5.74) is 6.55. The molecule has 0 aliphatic carbocycles. The van der Waals surface area contributed by atoms with Gasteiger partial charge in [-0.3, -0.25) is 14.8 Å². The van der Waals surface area contributed by atoms with Crippen molar-refractivity contribution in [3.8, 4) is 22.5 Å². The van der Waals surface area contributed by atoms with E-state index < -0.39 is 0 Å². The third-order valence-corrected chi connectivity index (χ3v) is 4.78. The molecule has 4 heterocycles. The Morgan fingerprint density at radius 3 is 2.85 bits per heavy atom. The van der Waals surface area contributed by atoms with Crippen LogP contribution < -0.4 is 5.32 Å². The maximum absolute atomic E-state index is 12.0. The second-order valence-corrected chi connectivity index (χ2v) is 6.65. The standard InChI is InChI=1S/C21H22N4O2/c1-27-10-2-3-16-5-4-15(13-24-16)19-11-14(6-8-22-19)20-12-17-18(25-20)7-9-23-21(17)26/h4-6,8,11-13,25H,2-3,7,9-10H2,1H3,(H,23,26). The number of aromatic amines is 1. The summed E-state index contributed by atoms with van der Waals surface area (Å²) in [5.74, 6) is -0.0127. The lowest BCUT2D eigenvalue weighted by atomic mass is 10.1. The summed E-state index contributed by atoms with van der Waals surface area (Å²) in [6, 6.07) is 9.98. The lowest BCUT2D eigenvalue weighted by Gasteiger charge is -2.10. The van der Waals surface area contributed by atoms with E-state index in [-0.39, 0.29) is 5.91 Å². The topological polar surface area (TPSA) is 79.9 Å². The van der Waals surface area contributed by atoms with E-state index in [1.165, 1.54) is 0 Å². The first-order valence-electron chi connectivity index (χ1n) is 9.15. The molecule has 6 heteroatoms. The van der Waals surface area contributed by atoms with Crippen LogP contribution in [0.25, 0.3) is 22.5 Å². The Morgan fingerprint density at radius 2 is 2.07 bits per heavy atom. The number of rotatable bonds is 6. The first-order chi connectivity index (χ1) is 13.2. The molecule has 1 aliphatic rings. The van der Waals surface area contributed by atoms with Gasteiger partial charge in [0.15, 0.2) is 0 Å². The first kappa shape index (κ1) is 17.4. The van der Waals surface area contributed by atoms with Crippen molar-refractivity contribution < 1.29 is 9.53 Å². The van der Waals surface area contributed by atoms with Crippen LogP contribution in [-0.4, -0.2) is 41.1 Å². The molecule has 3 aromatic heterocycles. The number of amides is 1. The van der Waals surface area contributed by atoms with Gasteiger partial charge in [-0.05, 0) is 43.2 Å². The fourth-order valence-electron chi connectivity index (χ4n) is 3.33. The smallest absolute Gasteiger partial charge is 0.253 e. The number of methoxy groups -OCH3 is 1. The van der Waals surface area contributed by atoms with E-state index >= 15 is 0 Å². The number of ether oxygens (including phenoxy) is 1. The predicted molar refractivity (Wildman–Crippen MR) is 103 cm³/mol. The van der Waals surface area contributed by atoms with E-state index in [1.54, 1.807) is 13.3 Å². The van der Waals surface area contributed by atoms with E-state index in [0.29, 0.717) is 6.54 Å². The zero-order valence-electron chi connectivity index (χ0n) is 15.3. The largest absolute Gasteiger partial charge is 0.385 e. The highest BCUT2D eigenvalue weighted by Crippen LogP contribution is 2.27. The van der Waals surface area contributed by atoms with Crippen LogP contribution in [0.4, 0.5) is 0 Å². The molecule has 0 aromatic carbocycles. The van der Waals surface area contributed by atoms with Crippen LogP contribution in [0.15, 0.2) is 42.7 Å². The van der Waals surface area contributed by atoms with Crippen LogP contribution in [0.5, 0.6) is 0 Å². The molecule has 0 saturated heterocycles. The second-order valence-electron chi connectivity index (χ2n) is 6.65. The Morgan fingerprint density at radius 1 is 1.15 bits per heavy atom. The van der Waals surface area contributed by atoms with Crippen LogP contribution in [0, 0.1) is 0 Å². The van der Waals surface area contributed by atoms with E-state index in [1.807, 2.05) is 30.5 Å². The fraction of sp³-hybridized carbons (Fsp3) is 0.286. The Bertz CT molecular complexity index is 947. The number of hydrogen-bond acceptors (Lipinski definition) is 4. The number of H-pyrrole nitrogens is 1. The summed E-state index contributed by atoms with van der Waals surface area (Å²) in [6.07, 6.45) is 6.34. The van der Waals surface area contributed by atoms with Crippen molar-refractivity contribution in [3.05, 3.63) is 59.7 Å². The summed E-state index contributed by atoms with van der Waals surface area (Å²) >= 11 is 0. The molecule has 0 atom stereocenters. The van der Waals surface area contributed by atoms with Gasteiger partial charge in [0, 0.05) is 67.3 Å². The van der Waals surface area contributed by atoms with Gasteiger partial charge < -0.3 is 15.0 Å². The molecule has 0 saturated carbocycles. The third-order valence-electron chi connectivity index (χ3n) is 4.78.